The number of fused-ring (bicyclic) bond motifs is 1. The summed E-state index contributed by atoms with van der Waals surface area (Å²) in [7, 11) is 3.40. The van der Waals surface area contributed by atoms with Gasteiger partial charge in [-0.1, -0.05) is 12.1 Å². The van der Waals surface area contributed by atoms with Gasteiger partial charge in [0.25, 0.3) is 5.91 Å². The second-order valence-electron chi connectivity index (χ2n) is 7.23. The largest absolute Gasteiger partial charge is 0.355 e. The fourth-order valence-corrected chi connectivity index (χ4v) is 3.49. The topological polar surface area (TPSA) is 86.4 Å². The Morgan fingerprint density at radius 1 is 1.07 bits per heavy atom. The minimum atomic E-state index is -0.152. The van der Waals surface area contributed by atoms with E-state index < -0.39 is 0 Å². The molecule has 0 spiro atoms. The number of anilines is 5. The second kappa shape index (κ2) is 7.87. The van der Waals surface area contributed by atoms with Gasteiger partial charge in [-0.05, 0) is 48.4 Å². The van der Waals surface area contributed by atoms with Crippen LogP contribution in [0.15, 0.2) is 54.7 Å². The number of likely N-dealkylation sites (N-methyl/N-ethyl adjacent to an activating group) is 1. The van der Waals surface area contributed by atoms with Gasteiger partial charge in [0.2, 0.25) is 5.91 Å². The zero-order valence-electron chi connectivity index (χ0n) is 17.1. The SMILES string of the molecule is CNC(=O)c1ccccc1Nc1cc(Nc2ccc3c(c2)CC(=O)N3C)ncc1C. The molecule has 2 aromatic carbocycles. The molecule has 1 aliphatic heterocycles. The molecule has 1 aliphatic rings. The Morgan fingerprint density at radius 2 is 1.87 bits per heavy atom. The minimum absolute atomic E-state index is 0.0943. The Kier molecular flexibility index (Phi) is 5.10. The summed E-state index contributed by atoms with van der Waals surface area (Å²) in [4.78, 5) is 30.2. The average Bonchev–Trinajstić information content (AvgIpc) is 3.03. The molecule has 0 bridgehead atoms. The molecule has 0 saturated carbocycles. The van der Waals surface area contributed by atoms with Crippen LogP contribution in [0.2, 0.25) is 0 Å². The van der Waals surface area contributed by atoms with Crippen molar-refractivity contribution in [1.29, 1.82) is 0 Å². The fourth-order valence-electron chi connectivity index (χ4n) is 3.49. The highest BCUT2D eigenvalue weighted by molar-refractivity contribution is 6.01. The monoisotopic (exact) mass is 401 g/mol. The predicted molar refractivity (Wildman–Crippen MR) is 119 cm³/mol. The molecule has 1 aromatic heterocycles. The standard InChI is InChI=1S/C23H23N5O2/c1-14-13-25-21(26-16-8-9-20-15(10-16)11-22(29)28(20)3)12-19(14)27-18-7-5-4-6-17(18)23(30)24-2/h4-10,12-13H,11H2,1-3H3,(H,24,30)(H2,25,26,27). The number of para-hydroxylation sites is 1. The van der Waals surface area contributed by atoms with Gasteiger partial charge in [-0.25, -0.2) is 4.98 Å². The zero-order chi connectivity index (χ0) is 21.3. The van der Waals surface area contributed by atoms with Crippen molar-refractivity contribution in [3.63, 3.8) is 0 Å². The highest BCUT2D eigenvalue weighted by Gasteiger charge is 2.23. The van der Waals surface area contributed by atoms with E-state index in [1.807, 2.05) is 49.4 Å². The molecule has 0 aliphatic carbocycles. The molecule has 0 unspecified atom stereocenters. The lowest BCUT2D eigenvalue weighted by Gasteiger charge is -2.15. The molecule has 3 N–H and O–H groups in total. The summed E-state index contributed by atoms with van der Waals surface area (Å²) >= 11 is 0. The lowest BCUT2D eigenvalue weighted by atomic mass is 10.1. The Balaban J connectivity index is 1.59. The smallest absolute Gasteiger partial charge is 0.253 e. The number of aromatic nitrogens is 1. The number of rotatable bonds is 5. The van der Waals surface area contributed by atoms with Crippen LogP contribution in [0.3, 0.4) is 0 Å². The summed E-state index contributed by atoms with van der Waals surface area (Å²) in [6.07, 6.45) is 2.18. The van der Waals surface area contributed by atoms with Crippen molar-refractivity contribution < 1.29 is 9.59 Å². The van der Waals surface area contributed by atoms with Gasteiger partial charge in [0.15, 0.2) is 0 Å². The molecule has 4 rings (SSSR count). The number of pyridine rings is 1. The van der Waals surface area contributed by atoms with Gasteiger partial charge in [0.05, 0.1) is 17.7 Å². The fraction of sp³-hybridized carbons (Fsp3) is 0.174. The van der Waals surface area contributed by atoms with Crippen LogP contribution in [0.1, 0.15) is 21.5 Å². The molecule has 0 atom stereocenters. The summed E-state index contributed by atoms with van der Waals surface area (Å²) in [6, 6.07) is 15.1. The van der Waals surface area contributed by atoms with Crippen LogP contribution in [-0.2, 0) is 11.2 Å². The number of nitrogens with one attached hydrogen (secondary N) is 3. The number of hydrogen-bond acceptors (Lipinski definition) is 5. The quantitative estimate of drug-likeness (QED) is 0.606. The molecule has 3 aromatic rings. The van der Waals surface area contributed by atoms with Crippen LogP contribution in [-0.4, -0.2) is 30.9 Å². The second-order valence-corrected chi connectivity index (χ2v) is 7.23. The molecule has 30 heavy (non-hydrogen) atoms. The van der Waals surface area contributed by atoms with E-state index in [9.17, 15) is 9.59 Å². The maximum absolute atomic E-state index is 12.2. The van der Waals surface area contributed by atoms with E-state index in [0.29, 0.717) is 17.8 Å². The van der Waals surface area contributed by atoms with Crippen LogP contribution in [0.25, 0.3) is 0 Å². The third kappa shape index (κ3) is 3.69. The highest BCUT2D eigenvalue weighted by atomic mass is 16.2. The number of carbonyl (C=O) groups excluding carboxylic acids is 2. The van der Waals surface area contributed by atoms with E-state index in [1.165, 1.54) is 0 Å². The number of hydrogen-bond donors (Lipinski definition) is 3. The molecular weight excluding hydrogens is 378 g/mol. The van der Waals surface area contributed by atoms with Gasteiger partial charge >= 0.3 is 0 Å². The van der Waals surface area contributed by atoms with Gasteiger partial charge in [-0.3, -0.25) is 9.59 Å². The van der Waals surface area contributed by atoms with E-state index in [-0.39, 0.29) is 11.8 Å². The molecule has 0 saturated heterocycles. The van der Waals surface area contributed by atoms with Crippen LogP contribution in [0.4, 0.5) is 28.6 Å². The van der Waals surface area contributed by atoms with Gasteiger partial charge in [-0.15, -0.1) is 0 Å². The first-order valence-corrected chi connectivity index (χ1v) is 9.67. The number of amides is 2. The Morgan fingerprint density at radius 3 is 2.67 bits per heavy atom. The molecule has 0 fully saturated rings. The normalized spacial score (nSPS) is 12.5. The number of nitrogens with zero attached hydrogens (tertiary/aromatic N) is 2. The van der Waals surface area contributed by atoms with E-state index in [1.54, 1.807) is 31.3 Å². The maximum Gasteiger partial charge on any atom is 0.253 e. The van der Waals surface area contributed by atoms with Gasteiger partial charge in [-0.2, -0.15) is 0 Å². The molecular formula is C23H23N5O2. The van der Waals surface area contributed by atoms with E-state index in [0.717, 1.165) is 33.9 Å². The number of benzene rings is 2. The highest BCUT2D eigenvalue weighted by Crippen LogP contribution is 2.32. The summed E-state index contributed by atoms with van der Waals surface area (Å²) in [5, 5.41) is 9.31. The van der Waals surface area contributed by atoms with Crippen molar-refractivity contribution in [2.75, 3.05) is 29.6 Å². The molecule has 7 nitrogen and oxygen atoms in total. The first-order chi connectivity index (χ1) is 14.5. The van der Waals surface area contributed by atoms with Crippen molar-refractivity contribution in [3.05, 3.63) is 71.4 Å². The summed E-state index contributed by atoms with van der Waals surface area (Å²) < 4.78 is 0. The van der Waals surface area contributed by atoms with Gasteiger partial charge < -0.3 is 20.9 Å². The molecule has 0 radical (unpaired) electrons. The van der Waals surface area contributed by atoms with Crippen LogP contribution in [0.5, 0.6) is 0 Å². The van der Waals surface area contributed by atoms with Crippen molar-refractivity contribution >= 4 is 40.4 Å². The van der Waals surface area contributed by atoms with Crippen LogP contribution in [0, 0.1) is 6.92 Å². The van der Waals surface area contributed by atoms with Crippen molar-refractivity contribution in [2.45, 2.75) is 13.3 Å². The zero-order valence-corrected chi connectivity index (χ0v) is 17.1. The van der Waals surface area contributed by atoms with Crippen molar-refractivity contribution in [3.8, 4) is 0 Å². The molecule has 2 heterocycles. The Hall–Kier alpha value is -3.87. The van der Waals surface area contributed by atoms with Crippen molar-refractivity contribution in [1.82, 2.24) is 10.3 Å². The van der Waals surface area contributed by atoms with E-state index in [4.69, 9.17) is 0 Å². The molecule has 152 valence electrons. The van der Waals surface area contributed by atoms with Crippen LogP contribution < -0.4 is 20.9 Å². The summed E-state index contributed by atoms with van der Waals surface area (Å²) in [5.41, 5.74) is 5.89. The number of aryl methyl sites for hydroxylation is 1. The van der Waals surface area contributed by atoms with Crippen molar-refractivity contribution in [2.24, 2.45) is 0 Å². The van der Waals surface area contributed by atoms with E-state index >= 15 is 0 Å². The predicted octanol–water partition coefficient (Wildman–Crippen LogP) is 3.76. The maximum atomic E-state index is 12.2. The lowest BCUT2D eigenvalue weighted by Crippen LogP contribution is -2.20. The Bertz CT molecular complexity index is 1140. The summed E-state index contributed by atoms with van der Waals surface area (Å²) in [5.74, 6) is 0.607. The molecule has 2 amide bonds. The van der Waals surface area contributed by atoms with Crippen LogP contribution >= 0.6 is 0 Å². The molecule has 7 heteroatoms. The third-order valence-electron chi connectivity index (χ3n) is 5.20. The third-order valence-corrected chi connectivity index (χ3v) is 5.20. The average molecular weight is 401 g/mol. The lowest BCUT2D eigenvalue weighted by molar-refractivity contribution is -0.117. The number of carbonyl (C=O) groups is 2. The first-order valence-electron chi connectivity index (χ1n) is 9.67. The minimum Gasteiger partial charge on any atom is -0.355 e. The van der Waals surface area contributed by atoms with Gasteiger partial charge in [0.1, 0.15) is 5.82 Å². The van der Waals surface area contributed by atoms with Gasteiger partial charge in [0, 0.05) is 43.4 Å². The Labute approximate surface area is 175 Å². The first kappa shape index (κ1) is 19.4. The summed E-state index contributed by atoms with van der Waals surface area (Å²) in [6.45, 7) is 1.96. The van der Waals surface area contributed by atoms with E-state index in [2.05, 4.69) is 20.9 Å².